The fourth-order valence-corrected chi connectivity index (χ4v) is 2.82. The number of aliphatic hydroxyl groups excluding tert-OH is 1. The zero-order chi connectivity index (χ0) is 12.2. The molecule has 0 amide bonds. The number of fused-ring (bicyclic) bond motifs is 2. The highest BCUT2D eigenvalue weighted by molar-refractivity contribution is 6.04. The molecule has 0 saturated heterocycles. The minimum Gasteiger partial charge on any atom is -0.507 e. The standard InChI is InChI=1S/C13H14O4/c1-6-4-8(15)12-10(5-6)17-9-3-2-7(14)11(9)13(12)16/h4-5,7,9,11,14-15H,2-3H2,1H3/t7-,9+,11-/m1/s1. The minimum atomic E-state index is -0.652. The van der Waals surface area contributed by atoms with E-state index in [-0.39, 0.29) is 23.2 Å². The van der Waals surface area contributed by atoms with Crippen molar-refractivity contribution in [3.05, 3.63) is 23.3 Å². The Morgan fingerprint density at radius 3 is 2.88 bits per heavy atom. The molecule has 1 fully saturated rings. The van der Waals surface area contributed by atoms with Crippen LogP contribution in [0.2, 0.25) is 0 Å². The molecule has 2 N–H and O–H groups in total. The number of aryl methyl sites for hydroxylation is 1. The molecule has 0 radical (unpaired) electrons. The second-order valence-corrected chi connectivity index (χ2v) is 4.85. The zero-order valence-corrected chi connectivity index (χ0v) is 9.51. The molecule has 17 heavy (non-hydrogen) atoms. The monoisotopic (exact) mass is 234 g/mol. The molecule has 3 atom stereocenters. The third kappa shape index (κ3) is 1.44. The number of phenolic OH excluding ortho intramolecular Hbond substituents is 1. The normalized spacial score (nSPS) is 30.7. The lowest BCUT2D eigenvalue weighted by Gasteiger charge is -2.29. The molecular weight excluding hydrogens is 220 g/mol. The van der Waals surface area contributed by atoms with Crippen molar-refractivity contribution < 1.29 is 19.7 Å². The Hall–Kier alpha value is -1.55. The van der Waals surface area contributed by atoms with E-state index in [2.05, 4.69) is 0 Å². The van der Waals surface area contributed by atoms with Gasteiger partial charge in [0.2, 0.25) is 0 Å². The number of aliphatic hydroxyl groups is 1. The fourth-order valence-electron chi connectivity index (χ4n) is 2.82. The van der Waals surface area contributed by atoms with E-state index in [1.54, 1.807) is 12.1 Å². The maximum atomic E-state index is 12.2. The Morgan fingerprint density at radius 2 is 2.12 bits per heavy atom. The lowest BCUT2D eigenvalue weighted by molar-refractivity contribution is 0.0474. The molecule has 0 bridgehead atoms. The van der Waals surface area contributed by atoms with Gasteiger partial charge in [-0.25, -0.2) is 0 Å². The largest absolute Gasteiger partial charge is 0.507 e. The van der Waals surface area contributed by atoms with Crippen LogP contribution in [0.4, 0.5) is 0 Å². The number of ketones is 1. The lowest BCUT2D eigenvalue weighted by atomic mass is 9.89. The summed E-state index contributed by atoms with van der Waals surface area (Å²) >= 11 is 0. The topological polar surface area (TPSA) is 66.8 Å². The van der Waals surface area contributed by atoms with Crippen molar-refractivity contribution >= 4 is 5.78 Å². The van der Waals surface area contributed by atoms with E-state index >= 15 is 0 Å². The molecule has 4 heteroatoms. The van der Waals surface area contributed by atoms with Crippen molar-refractivity contribution in [1.29, 1.82) is 0 Å². The molecule has 0 unspecified atom stereocenters. The number of hydrogen-bond acceptors (Lipinski definition) is 4. The highest BCUT2D eigenvalue weighted by Gasteiger charge is 2.46. The smallest absolute Gasteiger partial charge is 0.179 e. The van der Waals surface area contributed by atoms with Gasteiger partial charge >= 0.3 is 0 Å². The predicted molar refractivity (Wildman–Crippen MR) is 60.3 cm³/mol. The highest BCUT2D eigenvalue weighted by atomic mass is 16.5. The molecule has 3 rings (SSSR count). The van der Waals surface area contributed by atoms with E-state index in [0.717, 1.165) is 5.56 Å². The number of benzene rings is 1. The molecule has 1 aliphatic carbocycles. The van der Waals surface area contributed by atoms with E-state index in [1.807, 2.05) is 6.92 Å². The summed E-state index contributed by atoms with van der Waals surface area (Å²) in [7, 11) is 0. The van der Waals surface area contributed by atoms with Gasteiger partial charge in [0, 0.05) is 0 Å². The average Bonchev–Trinajstić information content (AvgIpc) is 2.59. The molecule has 1 aliphatic heterocycles. The van der Waals surface area contributed by atoms with Crippen LogP contribution in [-0.4, -0.2) is 28.2 Å². The number of Topliss-reactive ketones (excluding diaryl/α,β-unsaturated/α-hetero) is 1. The molecule has 90 valence electrons. The highest BCUT2D eigenvalue weighted by Crippen LogP contribution is 2.43. The SMILES string of the molecule is Cc1cc(O)c2c(c1)O[C@H]1CC[C@@H](O)[C@H]1C2=O. The van der Waals surface area contributed by atoms with Crippen LogP contribution in [0.15, 0.2) is 12.1 Å². The summed E-state index contributed by atoms with van der Waals surface area (Å²) in [4.78, 5) is 12.2. The number of carbonyl (C=O) groups excluding carboxylic acids is 1. The van der Waals surface area contributed by atoms with Crippen molar-refractivity contribution in [1.82, 2.24) is 0 Å². The van der Waals surface area contributed by atoms with Gasteiger partial charge < -0.3 is 14.9 Å². The van der Waals surface area contributed by atoms with Crippen LogP contribution >= 0.6 is 0 Å². The zero-order valence-electron chi connectivity index (χ0n) is 9.51. The number of hydrogen-bond donors (Lipinski definition) is 2. The van der Waals surface area contributed by atoms with Crippen LogP contribution in [0.3, 0.4) is 0 Å². The van der Waals surface area contributed by atoms with Crippen molar-refractivity contribution in [2.75, 3.05) is 0 Å². The quantitative estimate of drug-likeness (QED) is 0.712. The molecule has 2 aliphatic rings. The summed E-state index contributed by atoms with van der Waals surface area (Å²) in [5, 5.41) is 19.6. The summed E-state index contributed by atoms with van der Waals surface area (Å²) in [5.74, 6) is -0.319. The van der Waals surface area contributed by atoms with Crippen molar-refractivity contribution in [2.24, 2.45) is 5.92 Å². The Kier molecular flexibility index (Phi) is 2.16. The van der Waals surface area contributed by atoms with Crippen molar-refractivity contribution in [2.45, 2.75) is 32.0 Å². The first-order chi connectivity index (χ1) is 8.08. The number of rotatable bonds is 0. The van der Waals surface area contributed by atoms with Gasteiger partial charge in [0.15, 0.2) is 5.78 Å². The summed E-state index contributed by atoms with van der Waals surface area (Å²) < 4.78 is 5.72. The molecular formula is C13H14O4. The third-order valence-corrected chi connectivity index (χ3v) is 3.62. The second-order valence-electron chi connectivity index (χ2n) is 4.85. The Morgan fingerprint density at radius 1 is 1.35 bits per heavy atom. The summed E-state index contributed by atoms with van der Waals surface area (Å²) in [6.07, 6.45) is 0.369. The number of phenols is 1. The number of aromatic hydroxyl groups is 1. The number of ether oxygens (including phenoxy) is 1. The van der Waals surface area contributed by atoms with Crippen molar-refractivity contribution in [3.63, 3.8) is 0 Å². The van der Waals surface area contributed by atoms with Crippen LogP contribution in [0.1, 0.15) is 28.8 Å². The number of carbonyl (C=O) groups is 1. The maximum Gasteiger partial charge on any atom is 0.179 e. The van der Waals surface area contributed by atoms with E-state index < -0.39 is 12.0 Å². The van der Waals surface area contributed by atoms with Crippen LogP contribution in [0.5, 0.6) is 11.5 Å². The molecule has 1 aromatic rings. The minimum absolute atomic E-state index is 0.0532. The fraction of sp³-hybridized carbons (Fsp3) is 0.462. The Labute approximate surface area is 98.8 Å². The van der Waals surface area contributed by atoms with Crippen molar-refractivity contribution in [3.8, 4) is 11.5 Å². The van der Waals surface area contributed by atoms with Crippen LogP contribution in [0.25, 0.3) is 0 Å². The molecule has 1 heterocycles. The maximum absolute atomic E-state index is 12.2. The van der Waals surface area contributed by atoms with Gasteiger partial charge in [0.05, 0.1) is 12.0 Å². The van der Waals surface area contributed by atoms with E-state index in [9.17, 15) is 15.0 Å². The molecule has 1 saturated carbocycles. The van der Waals surface area contributed by atoms with Crippen LogP contribution in [-0.2, 0) is 0 Å². The van der Waals surface area contributed by atoms with Gasteiger partial charge in [-0.15, -0.1) is 0 Å². The van der Waals surface area contributed by atoms with E-state index in [0.29, 0.717) is 18.6 Å². The van der Waals surface area contributed by atoms with E-state index in [4.69, 9.17) is 4.74 Å². The molecule has 0 spiro atoms. The summed E-state index contributed by atoms with van der Waals surface area (Å²) in [6.45, 7) is 1.84. The van der Waals surface area contributed by atoms with Gasteiger partial charge in [-0.2, -0.15) is 0 Å². The summed E-state index contributed by atoms with van der Waals surface area (Å²) in [6, 6.07) is 3.30. The predicted octanol–water partition coefficient (Wildman–Crippen LogP) is 1.42. The first-order valence-corrected chi connectivity index (χ1v) is 5.80. The van der Waals surface area contributed by atoms with Gasteiger partial charge in [0.25, 0.3) is 0 Å². The molecule has 1 aromatic carbocycles. The first-order valence-electron chi connectivity index (χ1n) is 5.80. The van der Waals surface area contributed by atoms with Crippen LogP contribution < -0.4 is 4.74 Å². The van der Waals surface area contributed by atoms with E-state index in [1.165, 1.54) is 0 Å². The summed E-state index contributed by atoms with van der Waals surface area (Å²) in [5.41, 5.74) is 1.07. The molecule has 0 aromatic heterocycles. The van der Waals surface area contributed by atoms with Gasteiger partial charge in [-0.05, 0) is 37.5 Å². The molecule has 4 nitrogen and oxygen atoms in total. The van der Waals surface area contributed by atoms with Gasteiger partial charge in [0.1, 0.15) is 23.2 Å². The Bertz CT molecular complexity index is 494. The van der Waals surface area contributed by atoms with Gasteiger partial charge in [-0.1, -0.05) is 0 Å². The third-order valence-electron chi connectivity index (χ3n) is 3.62. The average molecular weight is 234 g/mol. The lowest BCUT2D eigenvalue weighted by Crippen LogP contribution is -2.38. The second kappa shape index (κ2) is 3.47. The first kappa shape index (κ1) is 10.6. The van der Waals surface area contributed by atoms with Gasteiger partial charge in [-0.3, -0.25) is 4.79 Å². The van der Waals surface area contributed by atoms with Crippen LogP contribution in [0, 0.1) is 12.8 Å². The Balaban J connectivity index is 2.13.